The number of benzene rings is 2. The zero-order valence-corrected chi connectivity index (χ0v) is 16.3. The second kappa shape index (κ2) is 8.30. The van der Waals surface area contributed by atoms with E-state index in [9.17, 15) is 40.5 Å². The van der Waals surface area contributed by atoms with E-state index in [4.69, 9.17) is 13.9 Å². The van der Waals surface area contributed by atoms with Crippen LogP contribution >= 0.6 is 0 Å². The fraction of sp³-hybridized carbons (Fsp3) is 0.286. The van der Waals surface area contributed by atoms with Crippen molar-refractivity contribution in [3.63, 3.8) is 0 Å². The van der Waals surface area contributed by atoms with E-state index in [1.54, 1.807) is 0 Å². The molecule has 32 heavy (non-hydrogen) atoms. The summed E-state index contributed by atoms with van der Waals surface area (Å²) in [5.41, 5.74) is -0.413. The van der Waals surface area contributed by atoms with Gasteiger partial charge in [-0.05, 0) is 18.2 Å². The van der Waals surface area contributed by atoms with Gasteiger partial charge in [-0.25, -0.2) is 0 Å². The highest BCUT2D eigenvalue weighted by Gasteiger charge is 2.44. The van der Waals surface area contributed by atoms with Crippen LogP contribution in [0.2, 0.25) is 0 Å². The third kappa shape index (κ3) is 3.83. The third-order valence-electron chi connectivity index (χ3n) is 5.14. The van der Waals surface area contributed by atoms with Crippen LogP contribution in [-0.2, 0) is 4.74 Å². The Labute approximate surface area is 179 Å². The molecule has 1 saturated heterocycles. The topological polar surface area (TPSA) is 190 Å². The van der Waals surface area contributed by atoms with E-state index in [0.717, 1.165) is 12.1 Å². The smallest absolute Gasteiger partial charge is 0.229 e. The van der Waals surface area contributed by atoms with Crippen molar-refractivity contribution in [1.82, 2.24) is 0 Å². The zero-order chi connectivity index (χ0) is 23.2. The van der Waals surface area contributed by atoms with Crippen LogP contribution in [0.1, 0.15) is 0 Å². The van der Waals surface area contributed by atoms with Crippen molar-refractivity contribution in [3.05, 3.63) is 46.6 Å². The molecule has 1 fully saturated rings. The minimum atomic E-state index is -1.68. The van der Waals surface area contributed by atoms with E-state index < -0.39 is 54.2 Å². The summed E-state index contributed by atoms with van der Waals surface area (Å²) in [6.45, 7) is -0.647. The van der Waals surface area contributed by atoms with Crippen LogP contribution in [0.4, 0.5) is 0 Å². The Balaban J connectivity index is 1.72. The maximum absolute atomic E-state index is 12.5. The molecule has 0 bridgehead atoms. The van der Waals surface area contributed by atoms with Crippen molar-refractivity contribution < 1.29 is 49.6 Å². The summed E-state index contributed by atoms with van der Waals surface area (Å²) in [5.74, 6) is -1.34. The van der Waals surface area contributed by atoms with E-state index in [0.29, 0.717) is 0 Å². The van der Waals surface area contributed by atoms with E-state index in [-0.39, 0.29) is 33.8 Å². The fourth-order valence-corrected chi connectivity index (χ4v) is 3.43. The normalized spacial score (nSPS) is 25.7. The van der Waals surface area contributed by atoms with E-state index >= 15 is 0 Å². The first-order valence-corrected chi connectivity index (χ1v) is 9.50. The average Bonchev–Trinajstić information content (AvgIpc) is 2.75. The van der Waals surface area contributed by atoms with Crippen molar-refractivity contribution in [1.29, 1.82) is 0 Å². The summed E-state index contributed by atoms with van der Waals surface area (Å²) in [4.78, 5) is 12.5. The Bertz CT molecular complexity index is 1200. The molecule has 7 N–H and O–H groups in total. The maximum atomic E-state index is 12.5. The molecule has 0 saturated carbocycles. The molecular weight excluding hydrogens is 428 g/mol. The first kappa shape index (κ1) is 21.9. The molecule has 2 heterocycles. The largest absolute Gasteiger partial charge is 0.507 e. The Morgan fingerprint density at radius 1 is 0.875 bits per heavy atom. The van der Waals surface area contributed by atoms with Crippen molar-refractivity contribution in [3.8, 4) is 34.3 Å². The molecule has 11 heteroatoms. The van der Waals surface area contributed by atoms with Crippen LogP contribution < -0.4 is 10.2 Å². The summed E-state index contributed by atoms with van der Waals surface area (Å²) in [7, 11) is 0. The van der Waals surface area contributed by atoms with Crippen LogP contribution in [0.3, 0.4) is 0 Å². The SMILES string of the molecule is O=c1cc(-c2ccc(O)c(O)c2)oc2cc(O[C@@H]3O[C@H](CO)[C@@H](O)[C@H](O)C3O)cc(O)c12. The molecular formula is C21H20O11. The third-order valence-corrected chi connectivity index (χ3v) is 5.14. The summed E-state index contributed by atoms with van der Waals surface area (Å²) >= 11 is 0. The number of hydrogen-bond acceptors (Lipinski definition) is 11. The molecule has 0 aliphatic carbocycles. The van der Waals surface area contributed by atoms with Crippen LogP contribution in [0.25, 0.3) is 22.3 Å². The highest BCUT2D eigenvalue weighted by Crippen LogP contribution is 2.35. The van der Waals surface area contributed by atoms with Gasteiger partial charge in [0.25, 0.3) is 0 Å². The number of fused-ring (bicyclic) bond motifs is 1. The molecule has 1 aliphatic rings. The molecule has 4 rings (SSSR count). The fourth-order valence-electron chi connectivity index (χ4n) is 3.43. The number of phenolic OH excluding ortho intramolecular Hbond substituents is 3. The van der Waals surface area contributed by atoms with Gasteiger partial charge in [0.2, 0.25) is 6.29 Å². The lowest BCUT2D eigenvalue weighted by Crippen LogP contribution is -2.60. The summed E-state index contributed by atoms with van der Waals surface area (Å²) in [5, 5.41) is 68.5. The van der Waals surface area contributed by atoms with Gasteiger partial charge in [0.1, 0.15) is 52.6 Å². The van der Waals surface area contributed by atoms with Gasteiger partial charge in [-0.3, -0.25) is 4.79 Å². The molecule has 2 aromatic carbocycles. The molecule has 3 aromatic rings. The van der Waals surface area contributed by atoms with Gasteiger partial charge in [0, 0.05) is 23.8 Å². The van der Waals surface area contributed by atoms with Crippen LogP contribution in [0, 0.1) is 0 Å². The minimum absolute atomic E-state index is 0.0298. The van der Waals surface area contributed by atoms with Crippen LogP contribution in [0.15, 0.2) is 45.6 Å². The average molecular weight is 448 g/mol. The predicted molar refractivity (Wildman–Crippen MR) is 107 cm³/mol. The molecule has 0 amide bonds. The number of aliphatic hydroxyl groups excluding tert-OH is 4. The molecule has 1 aromatic heterocycles. The number of rotatable bonds is 4. The quantitative estimate of drug-likeness (QED) is 0.261. The Kier molecular flexibility index (Phi) is 5.67. The van der Waals surface area contributed by atoms with Gasteiger partial charge in [0.05, 0.1) is 6.61 Å². The van der Waals surface area contributed by atoms with E-state index in [1.807, 2.05) is 0 Å². The van der Waals surface area contributed by atoms with Crippen LogP contribution in [-0.4, -0.2) is 73.1 Å². The van der Waals surface area contributed by atoms with Crippen LogP contribution in [0.5, 0.6) is 23.0 Å². The molecule has 11 nitrogen and oxygen atoms in total. The summed E-state index contributed by atoms with van der Waals surface area (Å²) in [6, 6.07) is 7.23. The van der Waals surface area contributed by atoms with Crippen molar-refractivity contribution in [2.45, 2.75) is 30.7 Å². The van der Waals surface area contributed by atoms with Crippen molar-refractivity contribution >= 4 is 11.0 Å². The summed E-state index contributed by atoms with van der Waals surface area (Å²) < 4.78 is 16.4. The first-order valence-electron chi connectivity index (χ1n) is 9.50. The second-order valence-electron chi connectivity index (χ2n) is 7.31. The molecule has 0 radical (unpaired) electrons. The van der Waals surface area contributed by atoms with E-state index in [2.05, 4.69) is 0 Å². The highest BCUT2D eigenvalue weighted by molar-refractivity contribution is 5.86. The number of aromatic hydroxyl groups is 3. The van der Waals surface area contributed by atoms with Gasteiger partial charge in [0.15, 0.2) is 16.9 Å². The standard InChI is InChI=1S/C21H20O11/c22-7-16-18(27)19(28)20(29)21(32-16)30-9-4-12(25)17-13(26)6-14(31-15(17)5-9)8-1-2-10(23)11(24)3-8/h1-6,16,18-25,27-29H,7H2/t16-,18-,19+,20?,21-/m1/s1. The van der Waals surface area contributed by atoms with Gasteiger partial charge in [-0.15, -0.1) is 0 Å². The van der Waals surface area contributed by atoms with Crippen molar-refractivity contribution in [2.75, 3.05) is 6.61 Å². The number of ether oxygens (including phenoxy) is 2. The lowest BCUT2D eigenvalue weighted by Gasteiger charge is -2.39. The molecule has 170 valence electrons. The molecule has 0 spiro atoms. The van der Waals surface area contributed by atoms with Gasteiger partial charge in [-0.2, -0.15) is 0 Å². The maximum Gasteiger partial charge on any atom is 0.229 e. The minimum Gasteiger partial charge on any atom is -0.507 e. The number of phenols is 3. The van der Waals surface area contributed by atoms with Gasteiger partial charge < -0.3 is 49.6 Å². The molecule has 5 atom stereocenters. The van der Waals surface area contributed by atoms with Gasteiger partial charge in [-0.1, -0.05) is 0 Å². The number of aliphatic hydroxyl groups is 4. The highest BCUT2D eigenvalue weighted by atomic mass is 16.7. The van der Waals surface area contributed by atoms with Crippen molar-refractivity contribution in [2.24, 2.45) is 0 Å². The second-order valence-corrected chi connectivity index (χ2v) is 7.31. The first-order chi connectivity index (χ1) is 15.2. The van der Waals surface area contributed by atoms with E-state index in [1.165, 1.54) is 24.3 Å². The Morgan fingerprint density at radius 2 is 1.62 bits per heavy atom. The number of hydrogen-bond donors (Lipinski definition) is 7. The Hall–Kier alpha value is -3.35. The molecule has 1 aliphatic heterocycles. The monoisotopic (exact) mass is 448 g/mol. The predicted octanol–water partition coefficient (Wildman–Crippen LogP) is -0.245. The zero-order valence-electron chi connectivity index (χ0n) is 16.3. The summed E-state index contributed by atoms with van der Waals surface area (Å²) in [6.07, 6.45) is -7.61. The molecule has 1 unspecified atom stereocenters. The lowest BCUT2D eigenvalue weighted by molar-refractivity contribution is -0.277. The van der Waals surface area contributed by atoms with Gasteiger partial charge >= 0.3 is 0 Å². The lowest BCUT2D eigenvalue weighted by atomic mass is 9.99. The Morgan fingerprint density at radius 3 is 2.31 bits per heavy atom.